The number of para-hydroxylation sites is 1. The lowest BCUT2D eigenvalue weighted by molar-refractivity contribution is 0.0940. The minimum Gasteiger partial charge on any atom is -0.381 e. The number of nitrogen functional groups attached to an aromatic ring is 1. The van der Waals surface area contributed by atoms with Crippen LogP contribution < -0.4 is 16.6 Å². The monoisotopic (exact) mass is 544 g/mol. The van der Waals surface area contributed by atoms with Gasteiger partial charge in [0.25, 0.3) is 11.5 Å². The van der Waals surface area contributed by atoms with E-state index in [0.717, 1.165) is 11.3 Å². The third kappa shape index (κ3) is 4.45. The van der Waals surface area contributed by atoms with Crippen LogP contribution in [-0.2, 0) is 7.05 Å². The Morgan fingerprint density at radius 1 is 1.05 bits per heavy atom. The van der Waals surface area contributed by atoms with Gasteiger partial charge in [-0.2, -0.15) is 5.10 Å². The number of hydrogen-bond acceptors (Lipinski definition) is 8. The largest absolute Gasteiger partial charge is 0.381 e. The molecule has 4 heterocycles. The fraction of sp³-hybridized carbons (Fsp3) is 0.138. The van der Waals surface area contributed by atoms with E-state index in [4.69, 9.17) is 10.7 Å². The molecule has 0 fully saturated rings. The molecule has 41 heavy (non-hydrogen) atoms. The van der Waals surface area contributed by atoms with Crippen LogP contribution in [-0.4, -0.2) is 45.3 Å². The lowest BCUT2D eigenvalue weighted by atomic mass is 10.1. The molecule has 0 aliphatic rings. The van der Waals surface area contributed by atoms with Gasteiger partial charge in [-0.3, -0.25) is 18.8 Å². The van der Waals surface area contributed by atoms with Crippen LogP contribution in [0.15, 0.2) is 71.8 Å². The van der Waals surface area contributed by atoms with Crippen molar-refractivity contribution in [3.05, 3.63) is 106 Å². The fourth-order valence-electron chi connectivity index (χ4n) is 4.63. The van der Waals surface area contributed by atoms with E-state index in [-0.39, 0.29) is 16.9 Å². The van der Waals surface area contributed by atoms with Crippen LogP contribution in [0.5, 0.6) is 0 Å². The highest BCUT2D eigenvalue weighted by atomic mass is 16.2. The number of nitrogens with two attached hydrogens (primary N) is 1. The molecule has 6 rings (SSSR count). The zero-order chi connectivity index (χ0) is 28.7. The standard InChI is InChI=1S/C29H24N10O2/c1-17(33-28(40)25-23-14-15-31-36-39(23)35-26(25)30)27-34-22-11-7-8-19(12-13-20-16-32-37(3)18(20)2)24(22)29(41)38(27)21-9-5-4-6-10-21/h4-11,14-17H,1-3H3,(H2,30,35)(H,33,40)/t17-/m0/s1. The zero-order valence-corrected chi connectivity index (χ0v) is 22.4. The van der Waals surface area contributed by atoms with Crippen LogP contribution in [0, 0.1) is 18.8 Å². The minimum absolute atomic E-state index is 0.00851. The number of carbonyl (C=O) groups is 1. The molecular weight excluding hydrogens is 520 g/mol. The van der Waals surface area contributed by atoms with E-state index in [1.54, 1.807) is 42.1 Å². The Morgan fingerprint density at radius 3 is 2.59 bits per heavy atom. The summed E-state index contributed by atoms with van der Waals surface area (Å²) < 4.78 is 4.43. The quantitative estimate of drug-likeness (QED) is 0.321. The molecular formula is C29H24N10O2. The highest BCUT2D eigenvalue weighted by molar-refractivity contribution is 6.05. The topological polar surface area (TPSA) is 151 Å². The molecule has 0 saturated carbocycles. The Kier molecular flexibility index (Phi) is 6.24. The maximum Gasteiger partial charge on any atom is 0.267 e. The molecule has 0 spiro atoms. The van der Waals surface area contributed by atoms with E-state index in [2.05, 4.69) is 37.7 Å². The average Bonchev–Trinajstić information content (AvgIpc) is 3.49. The number of aryl methyl sites for hydroxylation is 1. The smallest absolute Gasteiger partial charge is 0.267 e. The molecule has 6 aromatic rings. The van der Waals surface area contributed by atoms with Crippen LogP contribution in [0.25, 0.3) is 22.1 Å². The second-order valence-electron chi connectivity index (χ2n) is 9.41. The Labute approximate surface area is 233 Å². The number of hydrogen-bond donors (Lipinski definition) is 2. The first-order chi connectivity index (χ1) is 19.8. The second kappa shape index (κ2) is 10.0. The molecule has 202 valence electrons. The molecule has 12 heteroatoms. The van der Waals surface area contributed by atoms with E-state index in [1.807, 2.05) is 44.3 Å². The number of rotatable bonds is 4. The van der Waals surface area contributed by atoms with E-state index in [1.165, 1.54) is 15.4 Å². The van der Waals surface area contributed by atoms with Gasteiger partial charge in [0.15, 0.2) is 5.82 Å². The van der Waals surface area contributed by atoms with Crippen molar-refractivity contribution in [1.29, 1.82) is 0 Å². The molecule has 0 aliphatic carbocycles. The fourth-order valence-corrected chi connectivity index (χ4v) is 4.63. The summed E-state index contributed by atoms with van der Waals surface area (Å²) in [5, 5.41) is 19.2. The number of benzene rings is 2. The summed E-state index contributed by atoms with van der Waals surface area (Å²) in [5.74, 6) is 6.13. The van der Waals surface area contributed by atoms with Gasteiger partial charge in [0.2, 0.25) is 0 Å². The van der Waals surface area contributed by atoms with Gasteiger partial charge in [0.1, 0.15) is 16.9 Å². The molecule has 0 aliphatic heterocycles. The summed E-state index contributed by atoms with van der Waals surface area (Å²) in [6, 6.07) is 15.4. The highest BCUT2D eigenvalue weighted by Crippen LogP contribution is 2.22. The molecule has 1 atom stereocenters. The summed E-state index contributed by atoms with van der Waals surface area (Å²) in [6.45, 7) is 3.68. The van der Waals surface area contributed by atoms with Gasteiger partial charge in [-0.05, 0) is 49.4 Å². The number of nitrogens with one attached hydrogen (secondary N) is 1. The third-order valence-corrected chi connectivity index (χ3v) is 6.83. The Hall–Kier alpha value is -5.83. The van der Waals surface area contributed by atoms with E-state index >= 15 is 0 Å². The molecule has 4 aromatic heterocycles. The molecule has 0 unspecified atom stereocenters. The summed E-state index contributed by atoms with van der Waals surface area (Å²) in [6.07, 6.45) is 3.14. The number of anilines is 1. The summed E-state index contributed by atoms with van der Waals surface area (Å²) >= 11 is 0. The first kappa shape index (κ1) is 25.4. The van der Waals surface area contributed by atoms with Gasteiger partial charge >= 0.3 is 0 Å². The van der Waals surface area contributed by atoms with E-state index in [9.17, 15) is 9.59 Å². The molecule has 0 saturated heterocycles. The maximum atomic E-state index is 14.2. The predicted molar refractivity (Wildman–Crippen MR) is 152 cm³/mol. The SMILES string of the molecule is Cc1c(C#Cc2cccc3nc([C@H](C)NC(=O)c4c(N)nn5nnccc45)n(-c4ccccc4)c(=O)c23)cnn1C. The lowest BCUT2D eigenvalue weighted by Gasteiger charge is -2.20. The molecule has 1 amide bonds. The summed E-state index contributed by atoms with van der Waals surface area (Å²) in [5.41, 5.74) is 9.57. The Morgan fingerprint density at radius 2 is 1.83 bits per heavy atom. The second-order valence-corrected chi connectivity index (χ2v) is 9.41. The van der Waals surface area contributed by atoms with Gasteiger partial charge in [-0.15, -0.1) is 14.8 Å². The maximum absolute atomic E-state index is 14.2. The van der Waals surface area contributed by atoms with Crippen molar-refractivity contribution in [3.63, 3.8) is 0 Å². The first-order valence-corrected chi connectivity index (χ1v) is 12.7. The number of fused-ring (bicyclic) bond motifs is 2. The van der Waals surface area contributed by atoms with Gasteiger partial charge in [0, 0.05) is 12.6 Å². The van der Waals surface area contributed by atoms with Crippen molar-refractivity contribution in [3.8, 4) is 17.5 Å². The molecule has 2 aromatic carbocycles. The molecule has 0 radical (unpaired) electrons. The third-order valence-electron chi connectivity index (χ3n) is 6.83. The van der Waals surface area contributed by atoms with Crippen molar-refractivity contribution < 1.29 is 4.79 Å². The van der Waals surface area contributed by atoms with Crippen LogP contribution in [0.1, 0.15) is 46.0 Å². The van der Waals surface area contributed by atoms with Crippen molar-refractivity contribution in [2.75, 3.05) is 5.73 Å². The van der Waals surface area contributed by atoms with E-state index in [0.29, 0.717) is 33.5 Å². The van der Waals surface area contributed by atoms with Gasteiger partial charge in [0.05, 0.1) is 46.3 Å². The zero-order valence-electron chi connectivity index (χ0n) is 22.4. The van der Waals surface area contributed by atoms with Gasteiger partial charge in [-0.25, -0.2) is 4.98 Å². The normalized spacial score (nSPS) is 11.8. The highest BCUT2D eigenvalue weighted by Gasteiger charge is 2.24. The molecule has 3 N–H and O–H groups in total. The van der Waals surface area contributed by atoms with Crippen molar-refractivity contribution >= 4 is 28.1 Å². The Balaban J connectivity index is 1.48. The van der Waals surface area contributed by atoms with E-state index < -0.39 is 11.9 Å². The van der Waals surface area contributed by atoms with Crippen LogP contribution in [0.3, 0.4) is 0 Å². The average molecular weight is 545 g/mol. The molecule has 0 bridgehead atoms. The van der Waals surface area contributed by atoms with Gasteiger partial charge in [-0.1, -0.05) is 36.1 Å². The van der Waals surface area contributed by atoms with Gasteiger partial charge < -0.3 is 11.1 Å². The van der Waals surface area contributed by atoms with Crippen LogP contribution in [0.4, 0.5) is 5.82 Å². The number of aromatic nitrogens is 8. The van der Waals surface area contributed by atoms with Crippen molar-refractivity contribution in [1.82, 2.24) is 44.7 Å². The number of carbonyl (C=O) groups excluding carboxylic acids is 1. The summed E-state index contributed by atoms with van der Waals surface area (Å²) in [4.78, 5) is 32.4. The van der Waals surface area contributed by atoms with Crippen molar-refractivity contribution in [2.24, 2.45) is 7.05 Å². The minimum atomic E-state index is -0.697. The lowest BCUT2D eigenvalue weighted by Crippen LogP contribution is -2.33. The number of nitrogens with zero attached hydrogens (tertiary/aromatic N) is 8. The van der Waals surface area contributed by atoms with Crippen molar-refractivity contribution in [2.45, 2.75) is 19.9 Å². The van der Waals surface area contributed by atoms with Crippen LogP contribution in [0.2, 0.25) is 0 Å². The predicted octanol–water partition coefficient (Wildman–Crippen LogP) is 2.34. The summed E-state index contributed by atoms with van der Waals surface area (Å²) in [7, 11) is 1.85. The Bertz CT molecular complexity index is 2080. The number of amides is 1. The van der Waals surface area contributed by atoms with Crippen LogP contribution >= 0.6 is 0 Å². The molecule has 12 nitrogen and oxygen atoms in total. The first-order valence-electron chi connectivity index (χ1n) is 12.7.